The quantitative estimate of drug-likeness (QED) is 0.776. The van der Waals surface area contributed by atoms with E-state index in [-0.39, 0.29) is 6.42 Å². The number of nitrogens with one attached hydrogen (secondary N) is 1. The predicted octanol–water partition coefficient (Wildman–Crippen LogP) is 1.42. The van der Waals surface area contributed by atoms with E-state index in [0.29, 0.717) is 0 Å². The Bertz CT molecular complexity index is 287. The lowest BCUT2D eigenvalue weighted by atomic mass is 10.00. The van der Waals surface area contributed by atoms with Gasteiger partial charge in [-0.25, -0.2) is 0 Å². The first kappa shape index (κ1) is 14.5. The molecule has 0 aromatic heterocycles. The number of carbonyl (C=O) groups excluding carboxylic acids is 1. The lowest BCUT2D eigenvalue weighted by molar-refractivity contribution is -0.178. The average molecular weight is 276 g/mol. The lowest BCUT2D eigenvalue weighted by Crippen LogP contribution is -2.56. The van der Waals surface area contributed by atoms with Gasteiger partial charge in [-0.1, -0.05) is 11.6 Å². The molecule has 0 aromatic rings. The first-order valence-corrected chi connectivity index (χ1v) is 5.39. The van der Waals surface area contributed by atoms with Crippen molar-refractivity contribution in [1.29, 1.82) is 0 Å². The fourth-order valence-corrected chi connectivity index (χ4v) is 2.13. The summed E-state index contributed by atoms with van der Waals surface area (Å²) in [4.78, 5) is 10.8. The molecule has 1 N–H and O–H groups in total. The molecule has 4 atom stereocenters. The van der Waals surface area contributed by atoms with Gasteiger partial charge in [0, 0.05) is 13.5 Å². The largest absolute Gasteiger partial charge is 0.471 e. The number of rotatable bonds is 2. The summed E-state index contributed by atoms with van der Waals surface area (Å²) in [6.45, 7) is 1.62. The zero-order valence-electron chi connectivity index (χ0n) is 9.25. The summed E-state index contributed by atoms with van der Waals surface area (Å²) < 4.78 is 46.5. The Balaban J connectivity index is 2.69. The van der Waals surface area contributed by atoms with Gasteiger partial charge < -0.3 is 14.8 Å². The average Bonchev–Trinajstić information content (AvgIpc) is 2.15. The monoisotopic (exact) mass is 275 g/mol. The minimum atomic E-state index is -4.92. The van der Waals surface area contributed by atoms with Gasteiger partial charge in [0.25, 0.3) is 0 Å². The van der Waals surface area contributed by atoms with E-state index in [2.05, 4.69) is 0 Å². The molecule has 0 radical (unpaired) electrons. The number of hydrogen-bond donors (Lipinski definition) is 1. The van der Waals surface area contributed by atoms with Crippen LogP contribution in [-0.4, -0.2) is 43.0 Å². The van der Waals surface area contributed by atoms with Gasteiger partial charge in [-0.2, -0.15) is 13.2 Å². The maximum Gasteiger partial charge on any atom is 0.471 e. The van der Waals surface area contributed by atoms with Gasteiger partial charge in [0.15, 0.2) is 0 Å². The van der Waals surface area contributed by atoms with Crippen LogP contribution in [0.3, 0.4) is 0 Å². The number of alkyl halides is 4. The molecular formula is C9H13ClF3NO3. The summed E-state index contributed by atoms with van der Waals surface area (Å²) in [6, 6.07) is -0.819. The van der Waals surface area contributed by atoms with E-state index in [9.17, 15) is 18.0 Å². The van der Waals surface area contributed by atoms with Gasteiger partial charge in [0.1, 0.15) is 11.7 Å². The van der Waals surface area contributed by atoms with Crippen molar-refractivity contribution in [3.05, 3.63) is 0 Å². The highest BCUT2D eigenvalue weighted by molar-refractivity contribution is 6.19. The van der Waals surface area contributed by atoms with Crippen molar-refractivity contribution in [1.82, 2.24) is 5.32 Å². The zero-order chi connectivity index (χ0) is 13.2. The number of amides is 1. The zero-order valence-corrected chi connectivity index (χ0v) is 10.0. The highest BCUT2D eigenvalue weighted by Gasteiger charge is 2.43. The van der Waals surface area contributed by atoms with Gasteiger partial charge in [-0.05, 0) is 6.92 Å². The number of ether oxygens (including phenoxy) is 2. The molecular weight excluding hydrogens is 263 g/mol. The first-order valence-electron chi connectivity index (χ1n) is 4.95. The van der Waals surface area contributed by atoms with E-state index < -0.39 is 35.9 Å². The van der Waals surface area contributed by atoms with Crippen molar-refractivity contribution in [2.24, 2.45) is 0 Å². The van der Waals surface area contributed by atoms with E-state index in [1.807, 2.05) is 5.32 Å². The Morgan fingerprint density at radius 3 is 2.59 bits per heavy atom. The topological polar surface area (TPSA) is 47.6 Å². The van der Waals surface area contributed by atoms with Gasteiger partial charge in [0.2, 0.25) is 0 Å². The molecule has 0 bridgehead atoms. The van der Waals surface area contributed by atoms with Crippen molar-refractivity contribution in [3.8, 4) is 0 Å². The van der Waals surface area contributed by atoms with Crippen LogP contribution >= 0.6 is 11.6 Å². The third kappa shape index (κ3) is 3.72. The van der Waals surface area contributed by atoms with Crippen LogP contribution in [0.2, 0.25) is 0 Å². The molecule has 100 valence electrons. The van der Waals surface area contributed by atoms with Crippen molar-refractivity contribution >= 4 is 17.5 Å². The molecule has 1 fully saturated rings. The summed E-state index contributed by atoms with van der Waals surface area (Å²) in [5.41, 5.74) is -0.741. The maximum absolute atomic E-state index is 12.1. The van der Waals surface area contributed by atoms with Crippen LogP contribution < -0.4 is 5.32 Å². The van der Waals surface area contributed by atoms with Crippen LogP contribution in [0.1, 0.15) is 13.3 Å². The van der Waals surface area contributed by atoms with E-state index in [1.165, 1.54) is 7.11 Å². The molecule has 0 aromatic carbocycles. The fourth-order valence-electron chi connectivity index (χ4n) is 1.77. The number of methoxy groups -OCH3 is 1. The Morgan fingerprint density at radius 1 is 1.53 bits per heavy atom. The highest BCUT2D eigenvalue weighted by Crippen LogP contribution is 2.25. The molecule has 1 aliphatic heterocycles. The SMILES string of the molecule is CO[C@@H]1[C@@H](NC(=O)C(F)(F)F)C[C@H](Cl)O[C@H]1C. The Labute approximate surface area is 101 Å². The normalized spacial score (nSPS) is 34.5. The van der Waals surface area contributed by atoms with Gasteiger partial charge in [-0.3, -0.25) is 4.79 Å². The lowest BCUT2D eigenvalue weighted by Gasteiger charge is -2.38. The second-order valence-corrected chi connectivity index (χ2v) is 4.25. The Hall–Kier alpha value is -0.530. The number of carbonyl (C=O) groups is 1. The van der Waals surface area contributed by atoms with E-state index in [4.69, 9.17) is 21.1 Å². The predicted molar refractivity (Wildman–Crippen MR) is 53.6 cm³/mol. The minimum Gasteiger partial charge on any atom is -0.377 e. The minimum absolute atomic E-state index is 0.0617. The molecule has 1 rings (SSSR count). The third-order valence-corrected chi connectivity index (χ3v) is 2.79. The Morgan fingerprint density at radius 2 is 2.12 bits per heavy atom. The standard InChI is InChI=1S/C9H13ClF3NO3/c1-4-7(16-2)5(3-6(10)17-4)14-8(15)9(11,12)13/h4-7H,3H2,1-2H3,(H,14,15)/t4-,5-,6+,7-/m0/s1. The molecule has 0 saturated carbocycles. The van der Waals surface area contributed by atoms with Crippen molar-refractivity contribution in [2.75, 3.05) is 7.11 Å². The van der Waals surface area contributed by atoms with Gasteiger partial charge >= 0.3 is 12.1 Å². The van der Waals surface area contributed by atoms with Gasteiger partial charge in [-0.15, -0.1) is 0 Å². The molecule has 8 heteroatoms. The summed E-state index contributed by atoms with van der Waals surface area (Å²) >= 11 is 5.72. The second kappa shape index (κ2) is 5.41. The van der Waals surface area contributed by atoms with Crippen LogP contribution in [0.15, 0.2) is 0 Å². The molecule has 1 saturated heterocycles. The molecule has 1 aliphatic rings. The number of hydrogen-bond acceptors (Lipinski definition) is 3. The van der Waals surface area contributed by atoms with Crippen LogP contribution in [0, 0.1) is 0 Å². The van der Waals surface area contributed by atoms with Crippen molar-refractivity contribution < 1.29 is 27.4 Å². The summed E-state index contributed by atoms with van der Waals surface area (Å²) in [5, 5.41) is 1.87. The molecule has 0 spiro atoms. The highest BCUT2D eigenvalue weighted by atomic mass is 35.5. The molecule has 0 aliphatic carbocycles. The van der Waals surface area contributed by atoms with Crippen LogP contribution in [-0.2, 0) is 14.3 Å². The Kier molecular flexibility index (Phi) is 4.62. The van der Waals surface area contributed by atoms with E-state index in [1.54, 1.807) is 6.92 Å². The molecule has 0 unspecified atom stereocenters. The summed E-state index contributed by atoms with van der Waals surface area (Å²) in [5.74, 6) is -2.00. The maximum atomic E-state index is 12.1. The first-order chi connectivity index (χ1) is 7.75. The van der Waals surface area contributed by atoms with Crippen LogP contribution in [0.5, 0.6) is 0 Å². The molecule has 1 heterocycles. The van der Waals surface area contributed by atoms with Gasteiger partial charge in [0.05, 0.1) is 12.1 Å². The van der Waals surface area contributed by atoms with Crippen molar-refractivity contribution in [2.45, 2.75) is 43.3 Å². The molecule has 4 nitrogen and oxygen atoms in total. The van der Waals surface area contributed by atoms with Crippen LogP contribution in [0.25, 0.3) is 0 Å². The van der Waals surface area contributed by atoms with E-state index >= 15 is 0 Å². The molecule has 1 amide bonds. The smallest absolute Gasteiger partial charge is 0.377 e. The summed E-state index contributed by atoms with van der Waals surface area (Å²) in [6.07, 6.45) is -6.00. The summed E-state index contributed by atoms with van der Waals surface area (Å²) in [7, 11) is 1.34. The van der Waals surface area contributed by atoms with Crippen molar-refractivity contribution in [3.63, 3.8) is 0 Å². The molecule has 17 heavy (non-hydrogen) atoms. The fraction of sp³-hybridized carbons (Fsp3) is 0.889. The van der Waals surface area contributed by atoms with Crippen LogP contribution in [0.4, 0.5) is 13.2 Å². The van der Waals surface area contributed by atoms with E-state index in [0.717, 1.165) is 0 Å². The number of halogens is 4. The third-order valence-electron chi connectivity index (χ3n) is 2.51. The second-order valence-electron chi connectivity index (χ2n) is 3.76.